The van der Waals surface area contributed by atoms with Gasteiger partial charge in [0.15, 0.2) is 10.4 Å². The third-order valence-corrected chi connectivity index (χ3v) is 11.4. The topological polar surface area (TPSA) is 68.6 Å². The number of hydrogen-bond acceptors (Lipinski definition) is 5. The molecule has 2 aromatic heterocycles. The molecule has 2 heterocycles. The number of halogens is 3. The molecule has 0 saturated carbocycles. The fraction of sp³-hybridized carbons (Fsp3) is 0.474. The van der Waals surface area contributed by atoms with Crippen LogP contribution in [-0.2, 0) is 24.0 Å². The van der Waals surface area contributed by atoms with Crippen molar-refractivity contribution in [2.75, 3.05) is 18.9 Å². The van der Waals surface area contributed by atoms with Gasteiger partial charge < -0.3 is 20.0 Å². The number of aryl methyl sites for hydroxylation is 4. The van der Waals surface area contributed by atoms with E-state index in [0.29, 0.717) is 28.6 Å². The summed E-state index contributed by atoms with van der Waals surface area (Å²) in [5.74, 6) is 1.13. The molecule has 0 bridgehead atoms. The molecule has 0 saturated heterocycles. The van der Waals surface area contributed by atoms with E-state index in [1.165, 1.54) is 17.3 Å². The molecule has 0 atom stereocenters. The Morgan fingerprint density at radius 1 is 0.854 bits per heavy atom. The Bertz CT molecular complexity index is 1370. The normalized spacial score (nSPS) is 10.7. The zero-order valence-corrected chi connectivity index (χ0v) is 34.7. The van der Waals surface area contributed by atoms with Crippen LogP contribution in [0.1, 0.15) is 56.6 Å². The summed E-state index contributed by atoms with van der Waals surface area (Å²) in [6.45, 7) is 26.0. The first kappa shape index (κ1) is 45.6. The summed E-state index contributed by atoms with van der Waals surface area (Å²) in [5.41, 5.74) is 8.78. The highest BCUT2D eigenvalue weighted by molar-refractivity contribution is 7.08. The molecule has 270 valence electrons. The Morgan fingerprint density at radius 3 is 1.90 bits per heavy atom. The Balaban J connectivity index is 0.000000580. The summed E-state index contributed by atoms with van der Waals surface area (Å²) in [5, 5.41) is 12.9. The van der Waals surface area contributed by atoms with E-state index in [2.05, 4.69) is 52.3 Å². The number of benzene rings is 2. The van der Waals surface area contributed by atoms with Gasteiger partial charge >= 0.3 is 0 Å². The first-order valence-corrected chi connectivity index (χ1v) is 25.2. The van der Waals surface area contributed by atoms with Gasteiger partial charge in [0.1, 0.15) is 17.3 Å². The first-order chi connectivity index (χ1) is 22.3. The molecule has 3 N–H and O–H groups in total. The van der Waals surface area contributed by atoms with Gasteiger partial charge in [-0.2, -0.15) is 4.39 Å². The summed E-state index contributed by atoms with van der Waals surface area (Å²) < 4.78 is 35.3. The maximum atomic E-state index is 12.8. The minimum Gasteiger partial charge on any atom is -0.508 e. The molecule has 2 aromatic carbocycles. The monoisotopic (exact) mass is 739 g/mol. The lowest BCUT2D eigenvalue weighted by molar-refractivity contribution is 0.147. The number of anilines is 1. The van der Waals surface area contributed by atoms with E-state index < -0.39 is 16.1 Å². The molecular weight excluding hydrogens is 680 g/mol. The second kappa shape index (κ2) is 23.8. The first-order valence-electron chi connectivity index (χ1n) is 16.7. The lowest BCUT2D eigenvalue weighted by Crippen LogP contribution is -2.37. The van der Waals surface area contributed by atoms with E-state index in [0.717, 1.165) is 60.7 Å². The quantitative estimate of drug-likeness (QED) is 0.102. The van der Waals surface area contributed by atoms with Crippen LogP contribution in [0.15, 0.2) is 64.4 Å². The third-order valence-electron chi connectivity index (χ3n) is 6.74. The average Bonchev–Trinajstić information content (AvgIpc) is 3.62. The summed E-state index contributed by atoms with van der Waals surface area (Å²) in [6.07, 6.45) is 3.70. The number of ether oxygens (including phenoxy) is 1. The smallest absolute Gasteiger partial charge is 0.193 e. The molecule has 48 heavy (non-hydrogen) atoms. The number of thiophene rings is 1. The van der Waals surface area contributed by atoms with Gasteiger partial charge in [-0.15, -0.1) is 11.3 Å². The molecule has 0 spiro atoms. The minimum atomic E-state index is -1.26. The van der Waals surface area contributed by atoms with Gasteiger partial charge in [0.25, 0.3) is 0 Å². The van der Waals surface area contributed by atoms with Gasteiger partial charge in [-0.1, -0.05) is 84.3 Å². The molecule has 4 rings (SSSR count). The van der Waals surface area contributed by atoms with Crippen LogP contribution in [0.2, 0.25) is 50.5 Å². The molecular formula is C38H60ClF2NO3SSi2. The van der Waals surface area contributed by atoms with E-state index in [1.54, 1.807) is 30.3 Å². The van der Waals surface area contributed by atoms with Crippen molar-refractivity contribution in [3.8, 4) is 5.75 Å². The summed E-state index contributed by atoms with van der Waals surface area (Å²) in [7, 11) is -2.09. The van der Waals surface area contributed by atoms with Crippen LogP contribution in [0.4, 0.5) is 14.5 Å². The Hall–Kier alpha value is -2.44. The summed E-state index contributed by atoms with van der Waals surface area (Å²) >= 11 is 6.63. The van der Waals surface area contributed by atoms with Gasteiger partial charge in [0.05, 0.1) is 8.07 Å². The minimum absolute atomic E-state index is 0.0816. The summed E-state index contributed by atoms with van der Waals surface area (Å²) in [4.78, 5) is 0. The molecule has 0 amide bonds. The van der Waals surface area contributed by atoms with Crippen molar-refractivity contribution in [3.05, 3.63) is 98.6 Å². The number of furan rings is 1. The van der Waals surface area contributed by atoms with E-state index in [1.807, 2.05) is 45.2 Å². The number of nitrogen functional groups attached to an aromatic ring is 1. The fourth-order valence-corrected chi connectivity index (χ4v) is 6.62. The number of aromatic hydroxyl groups is 1. The van der Waals surface area contributed by atoms with Crippen molar-refractivity contribution in [2.45, 2.75) is 106 Å². The van der Waals surface area contributed by atoms with Gasteiger partial charge in [0.2, 0.25) is 0 Å². The van der Waals surface area contributed by atoms with Gasteiger partial charge in [0, 0.05) is 33.4 Å². The largest absolute Gasteiger partial charge is 0.508 e. The maximum absolute atomic E-state index is 12.8. The van der Waals surface area contributed by atoms with Crippen molar-refractivity contribution in [1.29, 1.82) is 0 Å². The molecule has 0 unspecified atom stereocenters. The van der Waals surface area contributed by atoms with Crippen LogP contribution < -0.4 is 10.9 Å². The lowest BCUT2D eigenvalue weighted by Gasteiger charge is -2.17. The third kappa shape index (κ3) is 22.2. The number of hydrogen-bond donors (Lipinski definition) is 2. The van der Waals surface area contributed by atoms with E-state index >= 15 is 0 Å². The summed E-state index contributed by atoms with van der Waals surface area (Å²) in [6, 6.07) is 17.1. The van der Waals surface area contributed by atoms with Crippen LogP contribution in [0.25, 0.3) is 0 Å². The van der Waals surface area contributed by atoms with E-state index in [9.17, 15) is 13.9 Å². The van der Waals surface area contributed by atoms with Crippen molar-refractivity contribution in [3.63, 3.8) is 0 Å². The maximum Gasteiger partial charge on any atom is 0.193 e. The zero-order chi connectivity index (χ0) is 36.9. The Kier molecular flexibility index (Phi) is 22.6. The van der Waals surface area contributed by atoms with Crippen LogP contribution >= 0.6 is 22.9 Å². The number of rotatable bonds is 9. The van der Waals surface area contributed by atoms with Gasteiger partial charge in [-0.25, -0.2) is 4.39 Å². The van der Waals surface area contributed by atoms with Crippen LogP contribution in [0.3, 0.4) is 0 Å². The van der Waals surface area contributed by atoms with Crippen molar-refractivity contribution < 1.29 is 23.0 Å². The molecule has 10 heteroatoms. The number of phenols is 1. The van der Waals surface area contributed by atoms with E-state index in [4.69, 9.17) is 26.5 Å². The highest BCUT2D eigenvalue weighted by atomic mass is 35.5. The highest BCUT2D eigenvalue weighted by Crippen LogP contribution is 2.15. The van der Waals surface area contributed by atoms with Gasteiger partial charge in [-0.05, 0) is 108 Å². The molecule has 4 nitrogen and oxygen atoms in total. The zero-order valence-electron chi connectivity index (χ0n) is 31.1. The Morgan fingerprint density at radius 2 is 1.52 bits per heavy atom. The second-order valence-electron chi connectivity index (χ2n) is 13.6. The van der Waals surface area contributed by atoms with Gasteiger partial charge in [-0.3, -0.25) is 0 Å². The lowest BCUT2D eigenvalue weighted by atomic mass is 10.1. The van der Waals surface area contributed by atoms with Crippen molar-refractivity contribution >= 4 is 50.0 Å². The standard InChI is InChI=1S/C10H16OSi.C8H10FN.C8H20OSi.C6H7ClO.C6H7FS/c1-8-5-9(11)7-10(6-8)12(2,3)4;1-2-6-3-4-7(10)5-8(6)9;1-5-6-9-7-8-10(2,3)4;1-2-5-3-4-6(7)8-5;1-2-5-3-6(7)8-4-5/h5-7,11H,1-4H3;3-5H,2,10H2,1H3;5-8H2,1-4H3;2*3-4H,2H2,1H3. The second-order valence-corrected chi connectivity index (χ2v) is 25.5. The van der Waals surface area contributed by atoms with Crippen LogP contribution in [0.5, 0.6) is 5.75 Å². The Labute approximate surface area is 300 Å². The fourth-order valence-electron chi connectivity index (χ4n) is 3.74. The molecule has 4 aromatic rings. The number of nitrogens with two attached hydrogens (primary N) is 1. The van der Waals surface area contributed by atoms with E-state index in [-0.39, 0.29) is 10.9 Å². The number of phenolic OH excluding ortho intramolecular Hbond substituents is 1. The van der Waals surface area contributed by atoms with Crippen molar-refractivity contribution in [1.82, 2.24) is 0 Å². The highest BCUT2D eigenvalue weighted by Gasteiger charge is 2.16. The molecule has 0 aliphatic carbocycles. The SMILES string of the molecule is CCCOCC[Si](C)(C)C.CCc1ccc(Cl)o1.CCc1ccc(N)cc1F.CCc1csc(F)c1.Cc1cc(O)cc([Si](C)(C)C)c1. The van der Waals surface area contributed by atoms with Crippen molar-refractivity contribution in [2.24, 2.45) is 0 Å². The molecule has 0 aliphatic heterocycles. The predicted molar refractivity (Wildman–Crippen MR) is 212 cm³/mol. The molecule has 0 radical (unpaired) electrons. The molecule has 0 fully saturated rings. The van der Waals surface area contributed by atoms with Crippen LogP contribution in [-0.4, -0.2) is 34.5 Å². The predicted octanol–water partition coefficient (Wildman–Crippen LogP) is 11.9. The van der Waals surface area contributed by atoms with Crippen LogP contribution in [0, 0.1) is 17.9 Å². The molecule has 0 aliphatic rings. The average molecular weight is 741 g/mol.